The number of amides is 1. The van der Waals surface area contributed by atoms with E-state index in [9.17, 15) is 4.79 Å². The first kappa shape index (κ1) is 18.4. The Morgan fingerprint density at radius 3 is 2.71 bits per heavy atom. The number of nitrogens with zero attached hydrogens (tertiary/aromatic N) is 1. The molecule has 0 aromatic rings. The fourth-order valence-electron chi connectivity index (χ4n) is 3.52. The lowest BCUT2D eigenvalue weighted by Gasteiger charge is -2.45. The van der Waals surface area contributed by atoms with Crippen LogP contribution in [0, 0.1) is 11.8 Å². The largest absolute Gasteiger partial charge is 0.354 e. The summed E-state index contributed by atoms with van der Waals surface area (Å²) in [7, 11) is 4.29. The normalized spacial score (nSPS) is 27.6. The molecule has 21 heavy (non-hydrogen) atoms. The second-order valence-corrected chi connectivity index (χ2v) is 7.32. The molecule has 1 amide bonds. The number of nitrogens with two attached hydrogens (primary N) is 1. The van der Waals surface area contributed by atoms with E-state index < -0.39 is 0 Å². The Morgan fingerprint density at radius 1 is 1.43 bits per heavy atom. The zero-order valence-electron chi connectivity index (χ0n) is 14.5. The maximum absolute atomic E-state index is 12.1. The molecule has 1 aliphatic carbocycles. The van der Waals surface area contributed by atoms with Gasteiger partial charge in [0.1, 0.15) is 0 Å². The SMILES string of the molecule is CC(CCN)CCC(=O)NCC1(N(C)C)CCCC(C)C1. The average Bonchev–Trinajstić information content (AvgIpc) is 2.43. The van der Waals surface area contributed by atoms with Crippen molar-refractivity contribution in [2.75, 3.05) is 27.2 Å². The molecule has 1 fully saturated rings. The van der Waals surface area contributed by atoms with Gasteiger partial charge in [-0.15, -0.1) is 0 Å². The minimum absolute atomic E-state index is 0.149. The van der Waals surface area contributed by atoms with Crippen molar-refractivity contribution in [2.45, 2.75) is 64.3 Å². The van der Waals surface area contributed by atoms with E-state index in [1.165, 1.54) is 25.7 Å². The Labute approximate surface area is 130 Å². The summed E-state index contributed by atoms with van der Waals surface area (Å²) < 4.78 is 0. The minimum Gasteiger partial charge on any atom is -0.354 e. The van der Waals surface area contributed by atoms with Gasteiger partial charge >= 0.3 is 0 Å². The highest BCUT2D eigenvalue weighted by molar-refractivity contribution is 5.75. The Balaban J connectivity index is 2.41. The van der Waals surface area contributed by atoms with E-state index in [4.69, 9.17) is 5.73 Å². The molecule has 3 atom stereocenters. The summed E-state index contributed by atoms with van der Waals surface area (Å²) >= 11 is 0. The highest BCUT2D eigenvalue weighted by Gasteiger charge is 2.37. The van der Waals surface area contributed by atoms with Crippen LogP contribution < -0.4 is 11.1 Å². The van der Waals surface area contributed by atoms with Crippen molar-refractivity contribution in [3.63, 3.8) is 0 Å². The standard InChI is InChI=1S/C17H35N3O/c1-14(9-11-18)7-8-16(21)19-13-17(20(3)4)10-5-6-15(2)12-17/h14-15H,5-13,18H2,1-4H3,(H,19,21). The van der Waals surface area contributed by atoms with E-state index in [0.29, 0.717) is 18.9 Å². The van der Waals surface area contributed by atoms with Gasteiger partial charge in [-0.3, -0.25) is 4.79 Å². The van der Waals surface area contributed by atoms with E-state index in [1.807, 2.05) is 0 Å². The molecule has 0 aliphatic heterocycles. The Bertz CT molecular complexity index is 319. The summed E-state index contributed by atoms with van der Waals surface area (Å²) in [4.78, 5) is 14.4. The summed E-state index contributed by atoms with van der Waals surface area (Å²) in [6.07, 6.45) is 7.53. The van der Waals surface area contributed by atoms with E-state index in [2.05, 4.69) is 38.2 Å². The van der Waals surface area contributed by atoms with E-state index in [1.54, 1.807) is 0 Å². The van der Waals surface area contributed by atoms with Gasteiger partial charge < -0.3 is 16.0 Å². The fourth-order valence-corrected chi connectivity index (χ4v) is 3.52. The molecule has 1 rings (SSSR count). The summed E-state index contributed by atoms with van der Waals surface area (Å²) in [6.45, 7) is 6.00. The summed E-state index contributed by atoms with van der Waals surface area (Å²) in [6, 6.07) is 0. The number of rotatable bonds is 8. The van der Waals surface area contributed by atoms with Crippen LogP contribution in [0.1, 0.15) is 58.8 Å². The van der Waals surface area contributed by atoms with Crippen molar-refractivity contribution in [1.29, 1.82) is 0 Å². The quantitative estimate of drug-likeness (QED) is 0.723. The predicted molar refractivity (Wildman–Crippen MR) is 89.1 cm³/mol. The number of hydrogen-bond acceptors (Lipinski definition) is 3. The summed E-state index contributed by atoms with van der Waals surface area (Å²) in [5.41, 5.74) is 5.70. The predicted octanol–water partition coefficient (Wildman–Crippen LogP) is 2.38. The minimum atomic E-state index is 0.149. The monoisotopic (exact) mass is 297 g/mol. The third kappa shape index (κ3) is 5.95. The van der Waals surface area contributed by atoms with Gasteiger partial charge in [-0.25, -0.2) is 0 Å². The van der Waals surface area contributed by atoms with Crippen LogP contribution in [-0.4, -0.2) is 43.5 Å². The van der Waals surface area contributed by atoms with Gasteiger partial charge in [0.2, 0.25) is 5.91 Å². The van der Waals surface area contributed by atoms with Gasteiger partial charge in [-0.1, -0.05) is 26.7 Å². The molecule has 0 saturated heterocycles. The first-order valence-corrected chi connectivity index (χ1v) is 8.54. The lowest BCUT2D eigenvalue weighted by atomic mass is 9.75. The zero-order chi connectivity index (χ0) is 15.9. The van der Waals surface area contributed by atoms with Gasteiger partial charge in [0.25, 0.3) is 0 Å². The van der Waals surface area contributed by atoms with Crippen LogP contribution in [0.3, 0.4) is 0 Å². The highest BCUT2D eigenvalue weighted by atomic mass is 16.1. The highest BCUT2D eigenvalue weighted by Crippen LogP contribution is 2.35. The Morgan fingerprint density at radius 2 is 2.14 bits per heavy atom. The number of carbonyl (C=O) groups is 1. The van der Waals surface area contributed by atoms with Crippen molar-refractivity contribution >= 4 is 5.91 Å². The van der Waals surface area contributed by atoms with Gasteiger partial charge in [-0.05, 0) is 58.2 Å². The number of hydrogen-bond donors (Lipinski definition) is 2. The van der Waals surface area contributed by atoms with Gasteiger partial charge in [0.05, 0.1) is 0 Å². The summed E-state index contributed by atoms with van der Waals surface area (Å²) in [5, 5.41) is 3.18. The molecule has 124 valence electrons. The van der Waals surface area contributed by atoms with Crippen LogP contribution in [-0.2, 0) is 4.79 Å². The molecule has 4 heteroatoms. The lowest BCUT2D eigenvalue weighted by Crippen LogP contribution is -2.55. The van der Waals surface area contributed by atoms with Crippen LogP contribution >= 0.6 is 0 Å². The van der Waals surface area contributed by atoms with Crippen LogP contribution in [0.4, 0.5) is 0 Å². The molecular formula is C17H35N3O. The molecule has 3 N–H and O–H groups in total. The molecule has 0 heterocycles. The van der Waals surface area contributed by atoms with Crippen molar-refractivity contribution in [1.82, 2.24) is 10.2 Å². The molecule has 0 aromatic heterocycles. The molecule has 0 bridgehead atoms. The molecule has 3 unspecified atom stereocenters. The maximum atomic E-state index is 12.1. The molecule has 0 spiro atoms. The zero-order valence-corrected chi connectivity index (χ0v) is 14.5. The fraction of sp³-hybridized carbons (Fsp3) is 0.941. The molecule has 0 radical (unpaired) electrons. The Hall–Kier alpha value is -0.610. The molecule has 1 aliphatic rings. The molecular weight excluding hydrogens is 262 g/mol. The second-order valence-electron chi connectivity index (χ2n) is 7.32. The lowest BCUT2D eigenvalue weighted by molar-refractivity contribution is -0.122. The Kier molecular flexibility index (Phi) is 7.67. The summed E-state index contributed by atoms with van der Waals surface area (Å²) in [5.74, 6) is 1.49. The van der Waals surface area contributed by atoms with Gasteiger partial charge in [0, 0.05) is 18.5 Å². The second kappa shape index (κ2) is 8.74. The number of nitrogens with one attached hydrogen (secondary N) is 1. The topological polar surface area (TPSA) is 58.4 Å². The van der Waals surface area contributed by atoms with Crippen molar-refractivity contribution in [2.24, 2.45) is 17.6 Å². The van der Waals surface area contributed by atoms with E-state index >= 15 is 0 Å². The molecule has 4 nitrogen and oxygen atoms in total. The third-order valence-electron chi connectivity index (χ3n) is 5.15. The van der Waals surface area contributed by atoms with E-state index in [-0.39, 0.29) is 11.4 Å². The first-order chi connectivity index (χ1) is 9.89. The number of carbonyl (C=O) groups excluding carboxylic acids is 1. The van der Waals surface area contributed by atoms with Crippen LogP contribution in [0.15, 0.2) is 0 Å². The molecule has 1 saturated carbocycles. The van der Waals surface area contributed by atoms with Crippen LogP contribution in [0.2, 0.25) is 0 Å². The average molecular weight is 297 g/mol. The van der Waals surface area contributed by atoms with Crippen LogP contribution in [0.5, 0.6) is 0 Å². The number of likely N-dealkylation sites (N-methyl/N-ethyl adjacent to an activating group) is 1. The van der Waals surface area contributed by atoms with Crippen molar-refractivity contribution in [3.8, 4) is 0 Å². The first-order valence-electron chi connectivity index (χ1n) is 8.54. The van der Waals surface area contributed by atoms with Gasteiger partial charge in [-0.2, -0.15) is 0 Å². The van der Waals surface area contributed by atoms with E-state index in [0.717, 1.165) is 25.3 Å². The van der Waals surface area contributed by atoms with Crippen molar-refractivity contribution in [3.05, 3.63) is 0 Å². The maximum Gasteiger partial charge on any atom is 0.220 e. The third-order valence-corrected chi connectivity index (χ3v) is 5.15. The molecule has 0 aromatic carbocycles. The van der Waals surface area contributed by atoms with Crippen LogP contribution in [0.25, 0.3) is 0 Å². The van der Waals surface area contributed by atoms with Crippen molar-refractivity contribution < 1.29 is 4.79 Å². The van der Waals surface area contributed by atoms with Gasteiger partial charge in [0.15, 0.2) is 0 Å². The smallest absolute Gasteiger partial charge is 0.220 e.